The quantitative estimate of drug-likeness (QED) is 0.454. The third-order valence-electron chi connectivity index (χ3n) is 5.53. The van der Waals surface area contributed by atoms with E-state index in [1.54, 1.807) is 0 Å². The fourth-order valence-electron chi connectivity index (χ4n) is 4.07. The van der Waals surface area contributed by atoms with Crippen molar-refractivity contribution in [3.8, 4) is 11.5 Å². The molecule has 0 saturated carbocycles. The molecule has 1 unspecified atom stereocenters. The maximum Gasteiger partial charge on any atom is 0.134 e. The third kappa shape index (κ3) is 3.83. The molecule has 2 heterocycles. The lowest BCUT2D eigenvalue weighted by Crippen LogP contribution is -2.39. The highest BCUT2D eigenvalue weighted by atomic mass is 79.9. The Morgan fingerprint density at radius 1 is 1.10 bits per heavy atom. The molecule has 0 radical (unpaired) electrons. The molecule has 30 heavy (non-hydrogen) atoms. The molecule has 0 bridgehead atoms. The molecule has 5 rings (SSSR count). The minimum atomic E-state index is 0.0336. The first kappa shape index (κ1) is 19.9. The Hall–Kier alpha value is -2.05. The van der Waals surface area contributed by atoms with Crippen LogP contribution in [0.4, 0.5) is 0 Å². The Morgan fingerprint density at radius 2 is 1.93 bits per heavy atom. The van der Waals surface area contributed by atoms with E-state index in [1.807, 2.05) is 42.5 Å². The second kappa shape index (κ2) is 8.60. The van der Waals surface area contributed by atoms with Gasteiger partial charge in [-0.15, -0.1) is 0 Å². The van der Waals surface area contributed by atoms with Gasteiger partial charge in [-0.3, -0.25) is 4.90 Å². The summed E-state index contributed by atoms with van der Waals surface area (Å²) < 4.78 is 18.8. The average Bonchev–Trinajstić information content (AvgIpc) is 3.13. The van der Waals surface area contributed by atoms with Gasteiger partial charge < -0.3 is 14.2 Å². The summed E-state index contributed by atoms with van der Waals surface area (Å²) in [6.45, 7) is 3.57. The number of morpholine rings is 1. The van der Waals surface area contributed by atoms with Crippen molar-refractivity contribution in [3.63, 3.8) is 0 Å². The van der Waals surface area contributed by atoms with E-state index in [2.05, 4.69) is 39.0 Å². The van der Waals surface area contributed by atoms with E-state index in [1.165, 1.54) is 5.39 Å². The van der Waals surface area contributed by atoms with E-state index in [-0.39, 0.29) is 6.04 Å². The maximum atomic E-state index is 6.28. The van der Waals surface area contributed by atoms with Gasteiger partial charge in [0.15, 0.2) is 0 Å². The molecule has 2 aliphatic rings. The molecular weight excluding hydrogens is 466 g/mol. The smallest absolute Gasteiger partial charge is 0.134 e. The van der Waals surface area contributed by atoms with Gasteiger partial charge in [0.05, 0.1) is 23.7 Å². The van der Waals surface area contributed by atoms with Gasteiger partial charge in [-0.25, -0.2) is 0 Å². The van der Waals surface area contributed by atoms with Crippen LogP contribution in [0.5, 0.6) is 11.5 Å². The normalized spacial score (nSPS) is 20.3. The molecule has 0 spiro atoms. The zero-order valence-electron chi connectivity index (χ0n) is 16.3. The fraction of sp³-hybridized carbons (Fsp3) is 0.250. The zero-order chi connectivity index (χ0) is 20.5. The highest BCUT2D eigenvalue weighted by molar-refractivity contribution is 9.10. The standard InChI is InChI=1S/C24H21BrClNO3/c25-23-18-4-2-1-3-16(18)5-7-21(23)29-12-9-22-24(27-10-13-28-14-11-27)19-15-17(26)6-8-20(19)30-22/h1-9,15,24H,10-14H2. The van der Waals surface area contributed by atoms with Crippen LogP contribution >= 0.6 is 27.5 Å². The number of hydrogen-bond acceptors (Lipinski definition) is 4. The van der Waals surface area contributed by atoms with E-state index >= 15 is 0 Å². The Bertz CT molecular complexity index is 1110. The van der Waals surface area contributed by atoms with Gasteiger partial charge in [0.1, 0.15) is 23.9 Å². The minimum Gasteiger partial charge on any atom is -0.488 e. The predicted octanol–water partition coefficient (Wildman–Crippen LogP) is 5.98. The van der Waals surface area contributed by atoms with Crippen LogP contribution in [0.1, 0.15) is 11.6 Å². The van der Waals surface area contributed by atoms with E-state index < -0.39 is 0 Å². The van der Waals surface area contributed by atoms with Crippen molar-refractivity contribution in [2.75, 3.05) is 32.9 Å². The number of benzene rings is 3. The Kier molecular flexibility index (Phi) is 5.70. The highest BCUT2D eigenvalue weighted by Crippen LogP contribution is 2.44. The first-order valence-corrected chi connectivity index (χ1v) is 11.2. The number of ether oxygens (including phenoxy) is 3. The largest absolute Gasteiger partial charge is 0.488 e. The van der Waals surface area contributed by atoms with Crippen molar-refractivity contribution in [1.82, 2.24) is 4.90 Å². The Labute approximate surface area is 189 Å². The third-order valence-corrected chi connectivity index (χ3v) is 6.58. The van der Waals surface area contributed by atoms with E-state index in [4.69, 9.17) is 25.8 Å². The summed E-state index contributed by atoms with van der Waals surface area (Å²) in [6.07, 6.45) is 2.02. The van der Waals surface area contributed by atoms with Gasteiger partial charge in [-0.1, -0.05) is 41.9 Å². The molecule has 0 amide bonds. The van der Waals surface area contributed by atoms with Crippen LogP contribution in [0, 0.1) is 0 Å². The van der Waals surface area contributed by atoms with E-state index in [9.17, 15) is 0 Å². The van der Waals surface area contributed by atoms with Crippen LogP contribution in [0.25, 0.3) is 10.8 Å². The van der Waals surface area contributed by atoms with E-state index in [0.717, 1.165) is 59.0 Å². The van der Waals surface area contributed by atoms with Crippen molar-refractivity contribution < 1.29 is 14.2 Å². The number of nitrogens with zero attached hydrogens (tertiary/aromatic N) is 1. The number of rotatable bonds is 4. The average molecular weight is 487 g/mol. The molecule has 2 aliphatic heterocycles. The van der Waals surface area contributed by atoms with Gasteiger partial charge in [0.2, 0.25) is 0 Å². The van der Waals surface area contributed by atoms with Crippen molar-refractivity contribution in [1.29, 1.82) is 0 Å². The molecule has 4 nitrogen and oxygen atoms in total. The van der Waals surface area contributed by atoms with Crippen LogP contribution in [0.15, 0.2) is 70.9 Å². The van der Waals surface area contributed by atoms with Gasteiger partial charge in [0.25, 0.3) is 0 Å². The summed E-state index contributed by atoms with van der Waals surface area (Å²) in [6, 6.07) is 18.1. The predicted molar refractivity (Wildman–Crippen MR) is 122 cm³/mol. The number of hydrogen-bond donors (Lipinski definition) is 0. The Balaban J connectivity index is 1.39. The SMILES string of the molecule is Clc1ccc2c(c1)C(N1CCOCC1)C(=CCOc1ccc3ccccc3c1Br)O2. The van der Waals surface area contributed by atoms with Crippen LogP contribution in [-0.4, -0.2) is 37.8 Å². The molecule has 1 fully saturated rings. The van der Waals surface area contributed by atoms with Crippen LogP contribution in [-0.2, 0) is 4.74 Å². The number of halogens is 2. The van der Waals surface area contributed by atoms with Gasteiger partial charge in [-0.2, -0.15) is 0 Å². The molecule has 3 aromatic rings. The van der Waals surface area contributed by atoms with Gasteiger partial charge in [-0.05, 0) is 57.0 Å². The summed E-state index contributed by atoms with van der Waals surface area (Å²) in [7, 11) is 0. The summed E-state index contributed by atoms with van der Waals surface area (Å²) >= 11 is 9.96. The first-order valence-electron chi connectivity index (χ1n) is 10.00. The van der Waals surface area contributed by atoms with Crippen molar-refractivity contribution >= 4 is 38.3 Å². The first-order chi connectivity index (χ1) is 14.7. The molecule has 0 aromatic heterocycles. The summed E-state index contributed by atoms with van der Waals surface area (Å²) in [5, 5.41) is 3.02. The second-order valence-electron chi connectivity index (χ2n) is 7.35. The van der Waals surface area contributed by atoms with Gasteiger partial charge >= 0.3 is 0 Å². The molecule has 0 aliphatic carbocycles. The van der Waals surface area contributed by atoms with E-state index in [0.29, 0.717) is 11.6 Å². The lowest BCUT2D eigenvalue weighted by atomic mass is 10.0. The molecule has 1 atom stereocenters. The second-order valence-corrected chi connectivity index (χ2v) is 8.58. The maximum absolute atomic E-state index is 6.28. The molecule has 6 heteroatoms. The van der Waals surface area contributed by atoms with Crippen molar-refractivity contribution in [3.05, 3.63) is 81.5 Å². The van der Waals surface area contributed by atoms with Crippen molar-refractivity contribution in [2.24, 2.45) is 0 Å². The summed E-state index contributed by atoms with van der Waals surface area (Å²) in [5.74, 6) is 2.55. The molecule has 1 saturated heterocycles. The summed E-state index contributed by atoms with van der Waals surface area (Å²) in [4.78, 5) is 2.38. The zero-order valence-corrected chi connectivity index (χ0v) is 18.7. The summed E-state index contributed by atoms with van der Waals surface area (Å²) in [5.41, 5.74) is 1.10. The fourth-order valence-corrected chi connectivity index (χ4v) is 4.85. The molecule has 154 valence electrons. The van der Waals surface area contributed by atoms with Crippen LogP contribution < -0.4 is 9.47 Å². The lowest BCUT2D eigenvalue weighted by Gasteiger charge is -2.32. The molecule has 0 N–H and O–H groups in total. The van der Waals surface area contributed by atoms with Crippen LogP contribution in [0.2, 0.25) is 5.02 Å². The molecular formula is C24H21BrClNO3. The Morgan fingerprint density at radius 3 is 2.80 bits per heavy atom. The minimum absolute atomic E-state index is 0.0336. The van der Waals surface area contributed by atoms with Crippen LogP contribution in [0.3, 0.4) is 0 Å². The monoisotopic (exact) mass is 485 g/mol. The van der Waals surface area contributed by atoms with Gasteiger partial charge in [0, 0.05) is 23.7 Å². The topological polar surface area (TPSA) is 30.9 Å². The highest BCUT2D eigenvalue weighted by Gasteiger charge is 2.35. The number of fused-ring (bicyclic) bond motifs is 2. The van der Waals surface area contributed by atoms with Crippen molar-refractivity contribution in [2.45, 2.75) is 6.04 Å². The lowest BCUT2D eigenvalue weighted by molar-refractivity contribution is 0.0206. The molecule has 3 aromatic carbocycles.